The molecule has 1 aromatic carbocycles. The normalized spacial score (nSPS) is 10.1. The Morgan fingerprint density at radius 1 is 1.17 bits per heavy atom. The molecule has 0 unspecified atom stereocenters. The summed E-state index contributed by atoms with van der Waals surface area (Å²) in [6.45, 7) is 0. The Labute approximate surface area is 103 Å². The molecule has 2 aromatic rings. The molecule has 1 heterocycles. The quantitative estimate of drug-likeness (QED) is 0.878. The van der Waals surface area contributed by atoms with E-state index in [0.717, 1.165) is 0 Å². The predicted molar refractivity (Wildman–Crippen MR) is 66.2 cm³/mol. The molecule has 0 atom stereocenters. The Morgan fingerprint density at radius 2 is 1.83 bits per heavy atom. The molecule has 2 rings (SSSR count). The number of pyridine rings is 1. The number of carbonyl (C=O) groups excluding carboxylic acids is 1. The Morgan fingerprint density at radius 3 is 2.39 bits per heavy atom. The van der Waals surface area contributed by atoms with E-state index in [1.165, 1.54) is 47.5 Å². The number of anilines is 1. The minimum absolute atomic E-state index is 0.268. The van der Waals surface area contributed by atoms with Crippen LogP contribution in [0.2, 0.25) is 0 Å². The maximum absolute atomic E-state index is 12.8. The number of nitrogens with zero attached hydrogens (tertiary/aromatic N) is 1. The number of amides is 1. The van der Waals surface area contributed by atoms with E-state index >= 15 is 0 Å². The second-order valence-corrected chi connectivity index (χ2v) is 3.78. The topological polar surface area (TPSA) is 53.2 Å². The molecular formula is C13H11FN2O2. The van der Waals surface area contributed by atoms with Crippen molar-refractivity contribution in [1.82, 2.24) is 4.98 Å². The van der Waals surface area contributed by atoms with Gasteiger partial charge in [0.1, 0.15) is 5.82 Å². The Hall–Kier alpha value is -2.43. The first-order valence-electron chi connectivity index (χ1n) is 5.30. The van der Waals surface area contributed by atoms with Crippen molar-refractivity contribution in [2.24, 2.45) is 0 Å². The maximum Gasteiger partial charge on any atom is 0.259 e. The van der Waals surface area contributed by atoms with Gasteiger partial charge in [0.15, 0.2) is 0 Å². The second-order valence-electron chi connectivity index (χ2n) is 3.78. The van der Waals surface area contributed by atoms with Crippen molar-refractivity contribution in [3.63, 3.8) is 0 Å². The van der Waals surface area contributed by atoms with Crippen LogP contribution < -0.4 is 10.5 Å². The minimum Gasteiger partial charge on any atom is -0.328 e. The van der Waals surface area contributed by atoms with Gasteiger partial charge in [-0.2, -0.15) is 0 Å². The van der Waals surface area contributed by atoms with E-state index in [4.69, 9.17) is 0 Å². The maximum atomic E-state index is 12.8. The molecule has 18 heavy (non-hydrogen) atoms. The van der Waals surface area contributed by atoms with Crippen LogP contribution in [0.15, 0.2) is 47.4 Å². The molecule has 0 bridgehead atoms. The summed E-state index contributed by atoms with van der Waals surface area (Å²) in [5.74, 6) is -0.638. The van der Waals surface area contributed by atoms with Gasteiger partial charge >= 0.3 is 0 Å². The van der Waals surface area contributed by atoms with Crippen LogP contribution in [0.3, 0.4) is 0 Å². The fourth-order valence-corrected chi connectivity index (χ4v) is 1.52. The van der Waals surface area contributed by atoms with E-state index in [1.54, 1.807) is 7.05 Å². The van der Waals surface area contributed by atoms with E-state index < -0.39 is 0 Å². The lowest BCUT2D eigenvalue weighted by atomic mass is 10.2. The molecule has 0 saturated carbocycles. The zero-order valence-corrected chi connectivity index (χ0v) is 9.68. The summed E-state index contributed by atoms with van der Waals surface area (Å²) in [6, 6.07) is 8.32. The largest absolute Gasteiger partial charge is 0.328 e. The van der Waals surface area contributed by atoms with Crippen molar-refractivity contribution in [3.8, 4) is 0 Å². The average Bonchev–Trinajstić information content (AvgIpc) is 2.39. The number of H-pyrrole nitrogens is 1. The third-order valence-electron chi connectivity index (χ3n) is 2.55. The molecule has 1 amide bonds. The van der Waals surface area contributed by atoms with Crippen molar-refractivity contribution in [2.45, 2.75) is 0 Å². The van der Waals surface area contributed by atoms with Crippen LogP contribution >= 0.6 is 0 Å². The lowest BCUT2D eigenvalue weighted by molar-refractivity contribution is 0.0992. The lowest BCUT2D eigenvalue weighted by Crippen LogP contribution is -2.26. The molecule has 0 saturated heterocycles. The molecule has 4 nitrogen and oxygen atoms in total. The molecule has 0 radical (unpaired) electrons. The highest BCUT2D eigenvalue weighted by molar-refractivity contribution is 6.05. The van der Waals surface area contributed by atoms with Crippen LogP contribution in [-0.2, 0) is 0 Å². The zero-order valence-electron chi connectivity index (χ0n) is 9.68. The summed E-state index contributed by atoms with van der Waals surface area (Å²) in [4.78, 5) is 26.8. The standard InChI is InChI=1S/C13H11FN2O2/c1-16(11-5-3-10(14)4-6-11)13(18)9-2-7-12(17)15-8-9/h2-8H,1H3,(H,15,17). The fourth-order valence-electron chi connectivity index (χ4n) is 1.52. The van der Waals surface area contributed by atoms with Gasteiger partial charge < -0.3 is 9.88 Å². The summed E-state index contributed by atoms with van der Waals surface area (Å²) >= 11 is 0. The minimum atomic E-state index is -0.358. The third-order valence-corrected chi connectivity index (χ3v) is 2.55. The van der Waals surface area contributed by atoms with Gasteiger partial charge in [-0.3, -0.25) is 9.59 Å². The molecule has 5 heteroatoms. The first-order chi connectivity index (χ1) is 8.58. The number of halogens is 1. The summed E-state index contributed by atoms with van der Waals surface area (Å²) in [6.07, 6.45) is 1.35. The molecule has 0 spiro atoms. The Balaban J connectivity index is 2.25. The van der Waals surface area contributed by atoms with Gasteiger partial charge in [0.25, 0.3) is 5.91 Å². The van der Waals surface area contributed by atoms with Crippen LogP contribution in [0.25, 0.3) is 0 Å². The molecule has 0 aliphatic heterocycles. The first kappa shape index (κ1) is 12.0. The molecule has 0 aliphatic carbocycles. The smallest absolute Gasteiger partial charge is 0.259 e. The Bertz CT molecular complexity index is 599. The number of nitrogens with one attached hydrogen (secondary N) is 1. The molecule has 1 N–H and O–H groups in total. The third kappa shape index (κ3) is 2.45. The highest BCUT2D eigenvalue weighted by atomic mass is 19.1. The zero-order chi connectivity index (χ0) is 13.1. The van der Waals surface area contributed by atoms with E-state index in [1.807, 2.05) is 0 Å². The number of rotatable bonds is 2. The van der Waals surface area contributed by atoms with Gasteiger partial charge in [-0.15, -0.1) is 0 Å². The van der Waals surface area contributed by atoms with Gasteiger partial charge in [0.2, 0.25) is 5.56 Å². The van der Waals surface area contributed by atoms with E-state index in [-0.39, 0.29) is 17.3 Å². The number of benzene rings is 1. The van der Waals surface area contributed by atoms with Gasteiger partial charge in [-0.1, -0.05) is 0 Å². The van der Waals surface area contributed by atoms with E-state index in [9.17, 15) is 14.0 Å². The first-order valence-corrected chi connectivity index (χ1v) is 5.30. The number of carbonyl (C=O) groups is 1. The van der Waals surface area contributed by atoms with Crippen LogP contribution in [-0.4, -0.2) is 17.9 Å². The van der Waals surface area contributed by atoms with Crippen molar-refractivity contribution in [3.05, 3.63) is 64.3 Å². The second kappa shape index (κ2) is 4.83. The van der Waals surface area contributed by atoms with Gasteiger partial charge in [-0.25, -0.2) is 4.39 Å². The highest BCUT2D eigenvalue weighted by Crippen LogP contribution is 2.15. The predicted octanol–water partition coefficient (Wildman–Crippen LogP) is 1.79. The number of hydrogen-bond acceptors (Lipinski definition) is 2. The van der Waals surface area contributed by atoms with Gasteiger partial charge in [-0.05, 0) is 30.3 Å². The monoisotopic (exact) mass is 246 g/mol. The summed E-state index contributed by atoms with van der Waals surface area (Å²) < 4.78 is 12.8. The molecule has 0 fully saturated rings. The molecular weight excluding hydrogens is 235 g/mol. The van der Waals surface area contributed by atoms with Crippen LogP contribution in [0.4, 0.5) is 10.1 Å². The van der Waals surface area contributed by atoms with Crippen molar-refractivity contribution >= 4 is 11.6 Å². The SMILES string of the molecule is CN(C(=O)c1ccc(=O)[nH]c1)c1ccc(F)cc1. The highest BCUT2D eigenvalue weighted by Gasteiger charge is 2.13. The number of aromatic nitrogens is 1. The van der Waals surface area contributed by atoms with Crippen LogP contribution in [0.5, 0.6) is 0 Å². The summed E-state index contributed by atoms with van der Waals surface area (Å²) in [5.41, 5.74) is 0.671. The molecule has 92 valence electrons. The average molecular weight is 246 g/mol. The van der Waals surface area contributed by atoms with Gasteiger partial charge in [0.05, 0.1) is 5.56 Å². The Kier molecular flexibility index (Phi) is 3.23. The number of aromatic amines is 1. The summed E-state index contributed by atoms with van der Waals surface area (Å²) in [5, 5.41) is 0. The fraction of sp³-hybridized carbons (Fsp3) is 0.0769. The molecule has 0 aliphatic rings. The summed E-state index contributed by atoms with van der Waals surface area (Å²) in [7, 11) is 1.58. The van der Waals surface area contributed by atoms with Crippen molar-refractivity contribution in [1.29, 1.82) is 0 Å². The number of hydrogen-bond donors (Lipinski definition) is 1. The van der Waals surface area contributed by atoms with Crippen LogP contribution in [0.1, 0.15) is 10.4 Å². The molecule has 1 aromatic heterocycles. The van der Waals surface area contributed by atoms with Crippen molar-refractivity contribution in [2.75, 3.05) is 11.9 Å². The van der Waals surface area contributed by atoms with E-state index in [0.29, 0.717) is 11.3 Å². The van der Waals surface area contributed by atoms with Gasteiger partial charge in [0, 0.05) is 25.0 Å². The van der Waals surface area contributed by atoms with E-state index in [2.05, 4.69) is 4.98 Å². The lowest BCUT2D eigenvalue weighted by Gasteiger charge is -2.17. The van der Waals surface area contributed by atoms with Crippen LogP contribution in [0, 0.1) is 5.82 Å². The van der Waals surface area contributed by atoms with Crippen molar-refractivity contribution < 1.29 is 9.18 Å².